The summed E-state index contributed by atoms with van der Waals surface area (Å²) in [5.41, 5.74) is -1.03. The summed E-state index contributed by atoms with van der Waals surface area (Å²) in [4.78, 5) is 26.2. The van der Waals surface area contributed by atoms with Crippen LogP contribution in [-0.4, -0.2) is 40.1 Å². The molecule has 0 aromatic carbocycles. The number of likely N-dealkylation sites (tertiary alicyclic amines) is 1. The Morgan fingerprint density at radius 2 is 1.71 bits per heavy atom. The maximum atomic E-state index is 12.6. The van der Waals surface area contributed by atoms with Gasteiger partial charge in [0.05, 0.1) is 0 Å². The fraction of sp³-hybridized carbons (Fsp3) is 0.875. The minimum Gasteiger partial charge on any atom is -0.480 e. The van der Waals surface area contributed by atoms with Crippen molar-refractivity contribution in [2.75, 3.05) is 6.54 Å². The zero-order chi connectivity index (χ0) is 14.9. The van der Waals surface area contributed by atoms with Gasteiger partial charge in [0.2, 0.25) is 0 Å². The predicted molar refractivity (Wildman–Crippen MR) is 79.1 cm³/mol. The number of nitrogens with zero attached hydrogens (tertiary/aromatic N) is 1. The normalized spacial score (nSPS) is 31.5. The molecule has 1 heterocycles. The first-order valence-electron chi connectivity index (χ1n) is 8.45. The zero-order valence-electron chi connectivity index (χ0n) is 12.6. The van der Waals surface area contributed by atoms with Crippen molar-refractivity contribution in [1.82, 2.24) is 10.2 Å². The largest absolute Gasteiger partial charge is 0.480 e. The minimum absolute atomic E-state index is 0.145. The molecule has 2 aliphatic carbocycles. The Kier molecular flexibility index (Phi) is 4.09. The van der Waals surface area contributed by atoms with E-state index in [9.17, 15) is 14.7 Å². The molecule has 5 nitrogen and oxygen atoms in total. The third-order valence-electron chi connectivity index (χ3n) is 5.73. The molecule has 3 aliphatic rings. The SMILES string of the molecule is O=C(NC1(C(=O)O)CCCCC1)N1CCC2CCCCC21. The van der Waals surface area contributed by atoms with Gasteiger partial charge in [-0.1, -0.05) is 32.1 Å². The van der Waals surface area contributed by atoms with Crippen LogP contribution in [0.15, 0.2) is 0 Å². The third kappa shape index (κ3) is 2.74. The summed E-state index contributed by atoms with van der Waals surface area (Å²) >= 11 is 0. The summed E-state index contributed by atoms with van der Waals surface area (Å²) in [5, 5.41) is 12.5. The maximum Gasteiger partial charge on any atom is 0.329 e. The molecule has 0 aromatic heterocycles. The summed E-state index contributed by atoms with van der Waals surface area (Å²) in [5.74, 6) is -0.230. The Bertz CT molecular complexity index is 418. The van der Waals surface area contributed by atoms with Crippen LogP contribution in [0.25, 0.3) is 0 Å². The number of carboxylic acid groups (broad SMARTS) is 1. The number of amides is 2. The molecule has 2 unspecified atom stereocenters. The minimum atomic E-state index is -1.03. The molecule has 0 aromatic rings. The number of nitrogens with one attached hydrogen (secondary N) is 1. The van der Waals surface area contributed by atoms with Crippen molar-refractivity contribution in [2.24, 2.45) is 5.92 Å². The van der Waals surface area contributed by atoms with Crippen molar-refractivity contribution in [2.45, 2.75) is 75.8 Å². The molecule has 2 atom stereocenters. The van der Waals surface area contributed by atoms with Gasteiger partial charge in [-0.05, 0) is 38.0 Å². The summed E-state index contributed by atoms with van der Waals surface area (Å²) < 4.78 is 0. The highest BCUT2D eigenvalue weighted by Crippen LogP contribution is 2.37. The van der Waals surface area contributed by atoms with Crippen LogP contribution in [0.1, 0.15) is 64.2 Å². The van der Waals surface area contributed by atoms with Gasteiger partial charge in [-0.25, -0.2) is 9.59 Å². The lowest BCUT2D eigenvalue weighted by atomic mass is 9.81. The summed E-state index contributed by atoms with van der Waals surface area (Å²) in [6, 6.07) is 0.196. The second-order valence-electron chi connectivity index (χ2n) is 6.97. The molecule has 1 aliphatic heterocycles. The van der Waals surface area contributed by atoms with E-state index >= 15 is 0 Å². The van der Waals surface area contributed by atoms with E-state index in [2.05, 4.69) is 5.32 Å². The fourth-order valence-corrected chi connectivity index (χ4v) is 4.48. The van der Waals surface area contributed by atoms with Crippen LogP contribution >= 0.6 is 0 Å². The fourth-order valence-electron chi connectivity index (χ4n) is 4.48. The molecule has 118 valence electrons. The second kappa shape index (κ2) is 5.85. The number of rotatable bonds is 2. The standard InChI is InChI=1S/C16H26N2O3/c19-14(20)16(9-4-1-5-10-16)17-15(21)18-11-8-12-6-2-3-7-13(12)18/h12-13H,1-11H2,(H,17,21)(H,19,20). The van der Waals surface area contributed by atoms with Crippen molar-refractivity contribution >= 4 is 12.0 Å². The summed E-state index contributed by atoms with van der Waals surface area (Å²) in [6.45, 7) is 0.789. The first-order chi connectivity index (χ1) is 10.1. The summed E-state index contributed by atoms with van der Waals surface area (Å²) in [7, 11) is 0. The lowest BCUT2D eigenvalue weighted by Crippen LogP contribution is -2.59. The lowest BCUT2D eigenvalue weighted by Gasteiger charge is -2.38. The molecule has 2 N–H and O–H groups in total. The van der Waals surface area contributed by atoms with E-state index in [0.717, 1.165) is 38.6 Å². The van der Waals surface area contributed by atoms with Gasteiger partial charge in [0.1, 0.15) is 5.54 Å². The van der Waals surface area contributed by atoms with Crippen molar-refractivity contribution in [3.05, 3.63) is 0 Å². The van der Waals surface area contributed by atoms with Crippen molar-refractivity contribution in [3.63, 3.8) is 0 Å². The molecule has 3 fully saturated rings. The number of aliphatic carboxylic acids is 1. The van der Waals surface area contributed by atoms with Crippen LogP contribution in [0.5, 0.6) is 0 Å². The molecule has 2 amide bonds. The maximum absolute atomic E-state index is 12.6. The molecule has 1 saturated heterocycles. The van der Waals surface area contributed by atoms with E-state index in [4.69, 9.17) is 0 Å². The van der Waals surface area contributed by atoms with Crippen molar-refractivity contribution < 1.29 is 14.7 Å². The van der Waals surface area contributed by atoms with E-state index < -0.39 is 11.5 Å². The first-order valence-corrected chi connectivity index (χ1v) is 8.45. The van der Waals surface area contributed by atoms with Gasteiger partial charge in [-0.15, -0.1) is 0 Å². The molecule has 5 heteroatoms. The zero-order valence-corrected chi connectivity index (χ0v) is 12.6. The molecular formula is C16H26N2O3. The van der Waals surface area contributed by atoms with Crippen LogP contribution in [-0.2, 0) is 4.79 Å². The lowest BCUT2D eigenvalue weighted by molar-refractivity contribution is -0.146. The third-order valence-corrected chi connectivity index (χ3v) is 5.73. The monoisotopic (exact) mass is 294 g/mol. The van der Waals surface area contributed by atoms with Gasteiger partial charge in [-0.2, -0.15) is 0 Å². The molecule has 0 spiro atoms. The quantitative estimate of drug-likeness (QED) is 0.822. The second-order valence-corrected chi connectivity index (χ2v) is 6.97. The predicted octanol–water partition coefficient (Wildman–Crippen LogP) is 2.75. The Balaban J connectivity index is 1.68. The molecule has 0 radical (unpaired) electrons. The average Bonchev–Trinajstić information content (AvgIpc) is 2.92. The number of hydrogen-bond donors (Lipinski definition) is 2. The highest BCUT2D eigenvalue weighted by atomic mass is 16.4. The van der Waals surface area contributed by atoms with Crippen LogP contribution in [0.2, 0.25) is 0 Å². The Hall–Kier alpha value is -1.26. The Labute approximate surface area is 126 Å². The van der Waals surface area contributed by atoms with Gasteiger partial charge < -0.3 is 15.3 Å². The van der Waals surface area contributed by atoms with Crippen molar-refractivity contribution in [1.29, 1.82) is 0 Å². The number of carboxylic acids is 1. The van der Waals surface area contributed by atoms with Crippen molar-refractivity contribution in [3.8, 4) is 0 Å². The number of carbonyl (C=O) groups is 2. The highest BCUT2D eigenvalue weighted by molar-refractivity contribution is 5.86. The van der Waals surface area contributed by atoms with E-state index in [-0.39, 0.29) is 6.03 Å². The number of hydrogen-bond acceptors (Lipinski definition) is 2. The molecule has 0 bridgehead atoms. The van der Waals surface area contributed by atoms with Gasteiger partial charge >= 0.3 is 12.0 Å². The molecule has 2 saturated carbocycles. The van der Waals surface area contributed by atoms with E-state index in [1.54, 1.807) is 0 Å². The molecular weight excluding hydrogens is 268 g/mol. The molecule has 3 rings (SSSR count). The smallest absolute Gasteiger partial charge is 0.329 e. The summed E-state index contributed by atoms with van der Waals surface area (Å²) in [6.07, 6.45) is 9.82. The highest BCUT2D eigenvalue weighted by Gasteiger charge is 2.44. The topological polar surface area (TPSA) is 69.6 Å². The van der Waals surface area contributed by atoms with E-state index in [1.807, 2.05) is 4.90 Å². The van der Waals surface area contributed by atoms with Gasteiger partial charge in [-0.3, -0.25) is 0 Å². The number of urea groups is 1. The van der Waals surface area contributed by atoms with Gasteiger partial charge in [0, 0.05) is 12.6 Å². The van der Waals surface area contributed by atoms with E-state index in [1.165, 1.54) is 19.3 Å². The van der Waals surface area contributed by atoms with Gasteiger partial charge in [0.15, 0.2) is 0 Å². The number of fused-ring (bicyclic) bond motifs is 1. The number of carbonyl (C=O) groups excluding carboxylic acids is 1. The van der Waals surface area contributed by atoms with Crippen LogP contribution in [0.3, 0.4) is 0 Å². The average molecular weight is 294 g/mol. The molecule has 21 heavy (non-hydrogen) atoms. The van der Waals surface area contributed by atoms with Crippen LogP contribution in [0.4, 0.5) is 4.79 Å². The van der Waals surface area contributed by atoms with Crippen LogP contribution < -0.4 is 5.32 Å². The van der Waals surface area contributed by atoms with Crippen LogP contribution in [0, 0.1) is 5.92 Å². The van der Waals surface area contributed by atoms with Gasteiger partial charge in [0.25, 0.3) is 0 Å². The Morgan fingerprint density at radius 1 is 1.00 bits per heavy atom. The van der Waals surface area contributed by atoms with E-state index in [0.29, 0.717) is 24.8 Å². The Morgan fingerprint density at radius 3 is 2.43 bits per heavy atom. The first kappa shape index (κ1) is 14.7.